The molecule has 0 aliphatic heterocycles. The van der Waals surface area contributed by atoms with Gasteiger partial charge in [-0.2, -0.15) is 0 Å². The van der Waals surface area contributed by atoms with Gasteiger partial charge in [0.25, 0.3) is 0 Å². The van der Waals surface area contributed by atoms with Gasteiger partial charge in [-0.15, -0.1) is 0 Å². The molecule has 0 aliphatic carbocycles. The van der Waals surface area contributed by atoms with E-state index in [9.17, 15) is 28.8 Å². The Bertz CT molecular complexity index is 1820. The van der Waals surface area contributed by atoms with Crippen molar-refractivity contribution in [2.45, 2.75) is 129 Å². The molecule has 0 fully saturated rings. The van der Waals surface area contributed by atoms with Crippen LogP contribution in [-0.2, 0) is 48.0 Å². The quantitative estimate of drug-likeness (QED) is 0.0665. The summed E-state index contributed by atoms with van der Waals surface area (Å²) in [6.45, 7) is 14.3. The van der Waals surface area contributed by atoms with Crippen LogP contribution in [0, 0.1) is 11.8 Å². The number of carbonyl (C=O) groups is 6. The minimum absolute atomic E-state index is 0.0171. The van der Waals surface area contributed by atoms with Gasteiger partial charge in [0, 0.05) is 30.3 Å². The van der Waals surface area contributed by atoms with Crippen LogP contribution >= 0.6 is 0 Å². The number of hydrogen-bond acceptors (Lipinski definition) is 8. The summed E-state index contributed by atoms with van der Waals surface area (Å²) in [5.41, 5.74) is 7.75. The average molecular weight is 827 g/mol. The number of nitrogens with one attached hydrogen (secondary N) is 6. The summed E-state index contributed by atoms with van der Waals surface area (Å²) in [7, 11) is 0. The maximum Gasteiger partial charge on any atom is 0.243 e. The van der Waals surface area contributed by atoms with Gasteiger partial charge < -0.3 is 37.6 Å². The van der Waals surface area contributed by atoms with Crippen LogP contribution in [0.5, 0.6) is 0 Å². The number of rotatable bonds is 24. The zero-order valence-corrected chi connectivity index (χ0v) is 36.3. The number of nitrogens with zero attached hydrogens (tertiary/aromatic N) is 1. The first-order chi connectivity index (χ1) is 28.4. The fourth-order valence-electron chi connectivity index (χ4n) is 6.55. The van der Waals surface area contributed by atoms with Crippen LogP contribution in [0.2, 0.25) is 0 Å². The molecule has 3 rings (SSSR count). The van der Waals surface area contributed by atoms with Gasteiger partial charge in [-0.25, -0.2) is 0 Å². The van der Waals surface area contributed by atoms with Crippen LogP contribution in [0.15, 0.2) is 85.1 Å². The van der Waals surface area contributed by atoms with E-state index < -0.39 is 65.7 Å². The fraction of sp³-hybridized carbons (Fsp3) is 0.500. The second-order valence-corrected chi connectivity index (χ2v) is 17.1. The molecule has 14 nitrogen and oxygen atoms in total. The highest BCUT2D eigenvalue weighted by Gasteiger charge is 2.34. The Kier molecular flexibility index (Phi) is 19.9. The normalized spacial score (nSPS) is 13.9. The second kappa shape index (κ2) is 24.5. The first-order valence-electron chi connectivity index (χ1n) is 20.9. The Labute approximate surface area is 355 Å². The van der Waals surface area contributed by atoms with E-state index in [0.717, 1.165) is 24.1 Å². The van der Waals surface area contributed by atoms with E-state index in [1.165, 1.54) is 0 Å². The van der Waals surface area contributed by atoms with Gasteiger partial charge in [-0.1, -0.05) is 94.4 Å². The number of carbonyl (C=O) groups excluding carboxylic acids is 6. The molecule has 0 aliphatic rings. The molecule has 8 N–H and O–H groups in total. The largest absolute Gasteiger partial charge is 0.368 e. The minimum atomic E-state index is -1.13. The van der Waals surface area contributed by atoms with Crippen molar-refractivity contribution in [2.24, 2.45) is 17.6 Å². The molecule has 0 saturated carbocycles. The van der Waals surface area contributed by atoms with Crippen LogP contribution in [0.3, 0.4) is 0 Å². The summed E-state index contributed by atoms with van der Waals surface area (Å²) < 4.78 is 0. The average Bonchev–Trinajstić information content (AvgIpc) is 3.18. The number of nitrogens with two attached hydrogens (primary N) is 1. The van der Waals surface area contributed by atoms with E-state index in [0.29, 0.717) is 18.5 Å². The van der Waals surface area contributed by atoms with E-state index in [1.807, 2.05) is 74.5 Å². The molecule has 5 atom stereocenters. The van der Waals surface area contributed by atoms with Crippen LogP contribution in [-0.4, -0.2) is 82.7 Å². The Morgan fingerprint density at radius 2 is 1.15 bits per heavy atom. The summed E-state index contributed by atoms with van der Waals surface area (Å²) in [5, 5.41) is 17.5. The van der Waals surface area contributed by atoms with E-state index in [-0.39, 0.29) is 43.0 Å². The standard InChI is InChI=1S/C46H66N8O6/c1-30(2)26-37(52-42(57)35(23-15-17-25-49-46(5,6)7)50-39(55)29-34-22-14-16-24-48-34)44(59)54-40(31(3)4)45(60)53-38(28-33-20-12-9-13-21-33)43(58)51-36(41(47)56)27-32-18-10-8-11-19-32/h8-14,16,18-22,24,30-31,35-38,40,49H,15,17,23,25-29H2,1-7H3,(H2,47,56)(H,50,55)(H,51,58)(H,52,57)(H,53,60)(H,54,59). The third kappa shape index (κ3) is 18.1. The Morgan fingerprint density at radius 3 is 1.68 bits per heavy atom. The van der Waals surface area contributed by atoms with Crippen LogP contribution < -0.4 is 37.6 Å². The summed E-state index contributed by atoms with van der Waals surface area (Å²) >= 11 is 0. The van der Waals surface area contributed by atoms with Gasteiger partial charge in [0.1, 0.15) is 30.2 Å². The van der Waals surface area contributed by atoms with Gasteiger partial charge in [-0.3, -0.25) is 33.8 Å². The van der Waals surface area contributed by atoms with Crippen LogP contribution in [0.25, 0.3) is 0 Å². The Morgan fingerprint density at radius 1 is 0.617 bits per heavy atom. The van der Waals surface area contributed by atoms with Crippen molar-refractivity contribution in [2.75, 3.05) is 6.54 Å². The lowest BCUT2D eigenvalue weighted by atomic mass is 9.98. The molecule has 6 amide bonds. The molecule has 5 unspecified atom stereocenters. The number of benzene rings is 2. The lowest BCUT2D eigenvalue weighted by Crippen LogP contribution is -2.60. The number of primary amides is 1. The van der Waals surface area contributed by atoms with E-state index >= 15 is 0 Å². The van der Waals surface area contributed by atoms with E-state index in [2.05, 4.69) is 57.7 Å². The predicted octanol–water partition coefficient (Wildman–Crippen LogP) is 3.28. The molecule has 14 heteroatoms. The van der Waals surface area contributed by atoms with E-state index in [1.54, 1.807) is 38.2 Å². The van der Waals surface area contributed by atoms with Gasteiger partial charge in [0.15, 0.2) is 0 Å². The molecule has 326 valence electrons. The SMILES string of the molecule is CC(C)CC(NC(=O)C(CCCCNC(C)(C)C)NC(=O)Cc1ccccn1)C(=O)NC(C(=O)NC(Cc1ccccc1)C(=O)NC(Cc1ccccc1)C(N)=O)C(C)C. The number of unbranched alkanes of at least 4 members (excludes halogenated alkanes) is 1. The topological polar surface area (TPSA) is 214 Å². The van der Waals surface area contributed by atoms with Crippen molar-refractivity contribution in [1.82, 2.24) is 36.9 Å². The predicted molar refractivity (Wildman–Crippen MR) is 233 cm³/mol. The zero-order chi connectivity index (χ0) is 44.2. The lowest BCUT2D eigenvalue weighted by Gasteiger charge is -2.29. The molecule has 60 heavy (non-hydrogen) atoms. The number of pyridine rings is 1. The highest BCUT2D eigenvalue weighted by Crippen LogP contribution is 2.13. The monoisotopic (exact) mass is 827 g/mol. The summed E-state index contributed by atoms with van der Waals surface area (Å²) in [5.74, 6) is -3.89. The van der Waals surface area contributed by atoms with Crippen molar-refractivity contribution in [3.8, 4) is 0 Å². The lowest BCUT2D eigenvalue weighted by molar-refractivity contribution is -0.135. The highest BCUT2D eigenvalue weighted by molar-refractivity contribution is 5.96. The number of aromatic nitrogens is 1. The van der Waals surface area contributed by atoms with Crippen molar-refractivity contribution >= 4 is 35.4 Å². The molecule has 3 aromatic rings. The fourth-order valence-corrected chi connectivity index (χ4v) is 6.55. The van der Waals surface area contributed by atoms with Gasteiger partial charge >= 0.3 is 0 Å². The van der Waals surface area contributed by atoms with Crippen LogP contribution in [0.1, 0.15) is 91.0 Å². The molecule has 0 radical (unpaired) electrons. The molecule has 1 heterocycles. The summed E-state index contributed by atoms with van der Waals surface area (Å²) in [6, 6.07) is 18.3. The summed E-state index contributed by atoms with van der Waals surface area (Å²) in [4.78, 5) is 85.8. The first-order valence-corrected chi connectivity index (χ1v) is 20.9. The number of hydrogen-bond donors (Lipinski definition) is 7. The Hall–Kier alpha value is -5.63. The maximum atomic E-state index is 14.1. The number of amides is 6. The molecule has 2 aromatic carbocycles. The first kappa shape index (κ1) is 48.7. The molecule has 1 aromatic heterocycles. The van der Waals surface area contributed by atoms with Gasteiger partial charge in [0.2, 0.25) is 35.4 Å². The molecular formula is C46H66N8O6. The van der Waals surface area contributed by atoms with Crippen molar-refractivity contribution in [3.05, 3.63) is 102 Å². The van der Waals surface area contributed by atoms with Gasteiger partial charge in [0.05, 0.1) is 6.42 Å². The van der Waals surface area contributed by atoms with Crippen molar-refractivity contribution in [3.63, 3.8) is 0 Å². The second-order valence-electron chi connectivity index (χ2n) is 17.1. The van der Waals surface area contributed by atoms with Crippen molar-refractivity contribution in [1.29, 1.82) is 0 Å². The molecule has 0 bridgehead atoms. The van der Waals surface area contributed by atoms with Crippen molar-refractivity contribution < 1.29 is 28.8 Å². The third-order valence-electron chi connectivity index (χ3n) is 9.74. The third-order valence-corrected chi connectivity index (χ3v) is 9.74. The van der Waals surface area contributed by atoms with Gasteiger partial charge in [-0.05, 0) is 88.1 Å². The van der Waals surface area contributed by atoms with E-state index in [4.69, 9.17) is 5.73 Å². The highest BCUT2D eigenvalue weighted by atomic mass is 16.2. The van der Waals surface area contributed by atoms with Crippen LogP contribution in [0.4, 0.5) is 0 Å². The molecular weight excluding hydrogens is 761 g/mol. The zero-order valence-electron chi connectivity index (χ0n) is 36.3. The maximum absolute atomic E-state index is 14.1. The molecule has 0 saturated heterocycles. The Balaban J connectivity index is 1.79. The minimum Gasteiger partial charge on any atom is -0.368 e. The molecule has 0 spiro atoms. The summed E-state index contributed by atoms with van der Waals surface area (Å²) in [6.07, 6.45) is 3.82. The smallest absolute Gasteiger partial charge is 0.243 e.